The number of thiazole rings is 1. The minimum atomic E-state index is -0.215. The van der Waals surface area contributed by atoms with Crippen LogP contribution in [0.5, 0.6) is 0 Å². The van der Waals surface area contributed by atoms with Crippen LogP contribution in [0.15, 0.2) is 36.7 Å². The van der Waals surface area contributed by atoms with Crippen LogP contribution in [0.1, 0.15) is 28.5 Å². The second-order valence-corrected chi connectivity index (χ2v) is 8.37. The van der Waals surface area contributed by atoms with Gasteiger partial charge in [-0.05, 0) is 49.4 Å². The van der Waals surface area contributed by atoms with Gasteiger partial charge in [-0.1, -0.05) is 12.1 Å². The largest absolute Gasteiger partial charge is 0.355 e. The summed E-state index contributed by atoms with van der Waals surface area (Å²) in [4.78, 5) is 19.0. The summed E-state index contributed by atoms with van der Waals surface area (Å²) < 4.78 is 15.2. The van der Waals surface area contributed by atoms with E-state index in [0.29, 0.717) is 18.4 Å². The van der Waals surface area contributed by atoms with Crippen molar-refractivity contribution < 1.29 is 9.18 Å². The molecule has 3 heterocycles. The molecule has 1 amide bonds. The summed E-state index contributed by atoms with van der Waals surface area (Å²) in [6.45, 7) is 4.44. The molecule has 2 atom stereocenters. The molecule has 0 spiro atoms. The molecule has 1 saturated heterocycles. The monoisotopic (exact) mass is 386 g/mol. The van der Waals surface area contributed by atoms with Crippen molar-refractivity contribution >= 4 is 22.2 Å². The number of carbonyl (C=O) groups is 1. The Morgan fingerprint density at radius 1 is 1.37 bits per heavy atom. The molecule has 1 aliphatic heterocycles. The number of amides is 1. The Balaban J connectivity index is 1.36. The van der Waals surface area contributed by atoms with Gasteiger partial charge >= 0.3 is 0 Å². The summed E-state index contributed by atoms with van der Waals surface area (Å²) in [5, 5.41) is 6.46. The Morgan fingerprint density at radius 2 is 2.19 bits per heavy atom. The van der Waals surface area contributed by atoms with Crippen LogP contribution in [0.25, 0.3) is 4.96 Å². The zero-order valence-corrected chi connectivity index (χ0v) is 16.1. The molecule has 0 saturated carbocycles. The highest BCUT2D eigenvalue weighted by atomic mass is 32.1. The summed E-state index contributed by atoms with van der Waals surface area (Å²) in [6, 6.07) is 6.75. The van der Waals surface area contributed by atoms with Gasteiger partial charge in [-0.3, -0.25) is 9.20 Å². The van der Waals surface area contributed by atoms with E-state index in [4.69, 9.17) is 0 Å². The molecular formula is C20H23FN4OS. The number of aromatic nitrogens is 2. The first-order valence-corrected chi connectivity index (χ1v) is 10.1. The van der Waals surface area contributed by atoms with Gasteiger partial charge in [0, 0.05) is 30.4 Å². The molecular weight excluding hydrogens is 363 g/mol. The third-order valence-corrected chi connectivity index (χ3v) is 6.04. The maximum Gasteiger partial charge on any atom is 0.226 e. The highest BCUT2D eigenvalue weighted by Gasteiger charge is 2.26. The molecule has 2 N–H and O–H groups in total. The minimum Gasteiger partial charge on any atom is -0.355 e. The van der Waals surface area contributed by atoms with Crippen molar-refractivity contribution in [2.24, 2.45) is 5.92 Å². The van der Waals surface area contributed by atoms with Gasteiger partial charge in [0.15, 0.2) is 4.96 Å². The van der Waals surface area contributed by atoms with Crippen LogP contribution < -0.4 is 10.6 Å². The molecule has 7 heteroatoms. The van der Waals surface area contributed by atoms with Gasteiger partial charge in [0.1, 0.15) is 5.82 Å². The molecule has 0 unspecified atom stereocenters. The molecule has 142 valence electrons. The summed E-state index contributed by atoms with van der Waals surface area (Å²) in [5.74, 6) is 0.392. The minimum absolute atomic E-state index is 0.0131. The highest BCUT2D eigenvalue weighted by Crippen LogP contribution is 2.30. The predicted octanol–water partition coefficient (Wildman–Crippen LogP) is 2.90. The normalized spacial score (nSPS) is 20.1. The van der Waals surface area contributed by atoms with E-state index < -0.39 is 0 Å². The average molecular weight is 386 g/mol. The van der Waals surface area contributed by atoms with Gasteiger partial charge in [0.05, 0.1) is 12.1 Å². The fraction of sp³-hybridized carbons (Fsp3) is 0.400. The number of nitrogens with zero attached hydrogens (tertiary/aromatic N) is 2. The SMILES string of the molecule is Cc1cn2cc(CC(=O)NC[C@@H]3CNCC[C@@H]3c3ccc(F)cc3)nc2s1. The first kappa shape index (κ1) is 18.1. The van der Waals surface area contributed by atoms with Crippen molar-refractivity contribution in [3.8, 4) is 0 Å². The number of rotatable bonds is 5. The second kappa shape index (κ2) is 7.78. The highest BCUT2D eigenvalue weighted by molar-refractivity contribution is 7.16. The summed E-state index contributed by atoms with van der Waals surface area (Å²) >= 11 is 1.62. The fourth-order valence-corrected chi connectivity index (χ4v) is 4.63. The number of hydrogen-bond acceptors (Lipinski definition) is 4. The average Bonchev–Trinajstić information content (AvgIpc) is 3.17. The Bertz CT molecular complexity index is 902. The van der Waals surface area contributed by atoms with Crippen LogP contribution in [-0.2, 0) is 11.2 Å². The molecule has 5 nitrogen and oxygen atoms in total. The lowest BCUT2D eigenvalue weighted by molar-refractivity contribution is -0.120. The predicted molar refractivity (Wildman–Crippen MR) is 105 cm³/mol. The molecule has 27 heavy (non-hydrogen) atoms. The summed E-state index contributed by atoms with van der Waals surface area (Å²) in [7, 11) is 0. The maximum atomic E-state index is 13.2. The van der Waals surface area contributed by atoms with Gasteiger partial charge in [-0.2, -0.15) is 0 Å². The molecule has 0 bridgehead atoms. The molecule has 1 aromatic carbocycles. The number of piperidine rings is 1. The van der Waals surface area contributed by atoms with E-state index in [1.165, 1.54) is 17.0 Å². The maximum absolute atomic E-state index is 13.2. The number of nitrogens with one attached hydrogen (secondary N) is 2. The van der Waals surface area contributed by atoms with Crippen molar-refractivity contribution in [2.45, 2.75) is 25.7 Å². The van der Waals surface area contributed by atoms with Gasteiger partial charge in [0.25, 0.3) is 0 Å². The molecule has 1 fully saturated rings. The fourth-order valence-electron chi connectivity index (χ4n) is 3.80. The van der Waals surface area contributed by atoms with Crippen LogP contribution in [0.2, 0.25) is 0 Å². The first-order chi connectivity index (χ1) is 13.1. The number of hydrogen-bond donors (Lipinski definition) is 2. The number of fused-ring (bicyclic) bond motifs is 1. The van der Waals surface area contributed by atoms with Gasteiger partial charge in [-0.25, -0.2) is 9.37 Å². The Kier molecular flexibility index (Phi) is 5.22. The number of imidazole rings is 1. The van der Waals surface area contributed by atoms with Crippen molar-refractivity contribution in [3.63, 3.8) is 0 Å². The van der Waals surface area contributed by atoms with E-state index in [1.54, 1.807) is 11.3 Å². The van der Waals surface area contributed by atoms with Crippen molar-refractivity contribution in [2.75, 3.05) is 19.6 Å². The Morgan fingerprint density at radius 3 is 2.96 bits per heavy atom. The quantitative estimate of drug-likeness (QED) is 0.709. The van der Waals surface area contributed by atoms with Crippen LogP contribution in [0.4, 0.5) is 4.39 Å². The van der Waals surface area contributed by atoms with E-state index >= 15 is 0 Å². The van der Waals surface area contributed by atoms with Crippen LogP contribution >= 0.6 is 11.3 Å². The van der Waals surface area contributed by atoms with Crippen LogP contribution in [0.3, 0.4) is 0 Å². The molecule has 2 aromatic heterocycles. The second-order valence-electron chi connectivity index (χ2n) is 7.16. The van der Waals surface area contributed by atoms with Gasteiger partial charge in [0.2, 0.25) is 5.91 Å². The first-order valence-electron chi connectivity index (χ1n) is 9.25. The zero-order valence-electron chi connectivity index (χ0n) is 15.2. The number of aryl methyl sites for hydroxylation is 1. The van der Waals surface area contributed by atoms with Crippen molar-refractivity contribution in [3.05, 3.63) is 58.6 Å². The summed E-state index contributed by atoms with van der Waals surface area (Å²) in [5.41, 5.74) is 1.93. The number of benzene rings is 1. The lowest BCUT2D eigenvalue weighted by Crippen LogP contribution is -2.42. The van der Waals surface area contributed by atoms with E-state index in [2.05, 4.69) is 15.6 Å². The zero-order chi connectivity index (χ0) is 18.8. The Labute approximate surface area is 161 Å². The lowest BCUT2D eigenvalue weighted by Gasteiger charge is -2.32. The molecule has 4 rings (SSSR count). The van der Waals surface area contributed by atoms with Crippen molar-refractivity contribution in [1.82, 2.24) is 20.0 Å². The third-order valence-electron chi connectivity index (χ3n) is 5.13. The molecule has 3 aromatic rings. The van der Waals surface area contributed by atoms with Crippen LogP contribution in [-0.4, -0.2) is 34.9 Å². The van der Waals surface area contributed by atoms with Gasteiger partial charge < -0.3 is 10.6 Å². The third kappa shape index (κ3) is 4.20. The van der Waals surface area contributed by atoms with E-state index in [0.717, 1.165) is 35.7 Å². The molecule has 1 aliphatic rings. The van der Waals surface area contributed by atoms with E-state index in [-0.39, 0.29) is 18.1 Å². The van der Waals surface area contributed by atoms with E-state index in [9.17, 15) is 9.18 Å². The molecule has 0 radical (unpaired) electrons. The topological polar surface area (TPSA) is 58.4 Å². The van der Waals surface area contributed by atoms with Crippen LogP contribution in [0, 0.1) is 18.7 Å². The lowest BCUT2D eigenvalue weighted by atomic mass is 9.81. The number of halogens is 1. The number of carbonyl (C=O) groups excluding carboxylic acids is 1. The Hall–Kier alpha value is -2.25. The standard InChI is InChI=1S/C20H23FN4OS/c1-13-11-25-12-17(24-20(25)27-13)8-19(26)23-10-15-9-22-7-6-18(15)14-2-4-16(21)5-3-14/h2-5,11-12,15,18,22H,6-10H2,1H3,(H,23,26)/t15-,18+/m0/s1. The van der Waals surface area contributed by atoms with E-state index in [1.807, 2.05) is 35.9 Å². The summed E-state index contributed by atoms with van der Waals surface area (Å²) in [6.07, 6.45) is 5.22. The smallest absolute Gasteiger partial charge is 0.226 e. The molecule has 0 aliphatic carbocycles. The van der Waals surface area contributed by atoms with Crippen molar-refractivity contribution in [1.29, 1.82) is 0 Å². The van der Waals surface area contributed by atoms with Gasteiger partial charge in [-0.15, -0.1) is 11.3 Å².